The molecule has 1 aromatic rings. The maximum absolute atomic E-state index is 13.3. The van der Waals surface area contributed by atoms with Crippen LogP contribution in [-0.2, 0) is 6.42 Å². The molecule has 1 nitrogen and oxygen atoms in total. The maximum atomic E-state index is 13.3. The zero-order valence-corrected chi connectivity index (χ0v) is 12.2. The molecular weight excluding hydrogens is 249 g/mol. The normalized spacial score (nSPS) is 13.0. The Morgan fingerprint density at radius 2 is 2.00 bits per heavy atom. The number of nitrogens with one attached hydrogen (secondary N) is 1. The first-order valence-corrected chi connectivity index (χ1v) is 7.06. The van der Waals surface area contributed by atoms with Crippen molar-refractivity contribution in [2.75, 3.05) is 13.1 Å². The van der Waals surface area contributed by atoms with E-state index in [1.165, 1.54) is 6.07 Å². The molecule has 0 spiro atoms. The number of halogens is 2. The smallest absolute Gasteiger partial charge is 0.142 e. The van der Waals surface area contributed by atoms with Crippen molar-refractivity contribution in [3.63, 3.8) is 0 Å². The fourth-order valence-electron chi connectivity index (χ4n) is 1.95. The predicted molar refractivity (Wildman–Crippen MR) is 76.6 cm³/mol. The second-order valence-electron chi connectivity index (χ2n) is 5.24. The van der Waals surface area contributed by atoms with Gasteiger partial charge in [-0.3, -0.25) is 0 Å². The minimum atomic E-state index is -0.320. The summed E-state index contributed by atoms with van der Waals surface area (Å²) in [5, 5.41) is 3.73. The first-order valence-electron chi connectivity index (χ1n) is 6.68. The van der Waals surface area contributed by atoms with Crippen molar-refractivity contribution >= 4 is 11.6 Å². The van der Waals surface area contributed by atoms with E-state index in [2.05, 4.69) is 26.1 Å². The van der Waals surface area contributed by atoms with E-state index < -0.39 is 0 Å². The highest BCUT2D eigenvalue weighted by molar-refractivity contribution is 6.31. The van der Waals surface area contributed by atoms with Gasteiger partial charge in [0, 0.05) is 0 Å². The second-order valence-corrected chi connectivity index (χ2v) is 5.62. The average molecular weight is 272 g/mol. The van der Waals surface area contributed by atoms with Crippen LogP contribution in [0.15, 0.2) is 18.2 Å². The lowest BCUT2D eigenvalue weighted by atomic mass is 9.96. The van der Waals surface area contributed by atoms with E-state index in [9.17, 15) is 4.39 Å². The Kier molecular flexibility index (Phi) is 6.66. The minimum Gasteiger partial charge on any atom is -0.316 e. The molecule has 0 saturated heterocycles. The van der Waals surface area contributed by atoms with Gasteiger partial charge in [0.15, 0.2) is 0 Å². The van der Waals surface area contributed by atoms with Crippen LogP contribution < -0.4 is 5.32 Å². The van der Waals surface area contributed by atoms with Gasteiger partial charge in [0.25, 0.3) is 0 Å². The van der Waals surface area contributed by atoms with Gasteiger partial charge in [-0.05, 0) is 43.0 Å². The van der Waals surface area contributed by atoms with E-state index in [0.717, 1.165) is 31.5 Å². The van der Waals surface area contributed by atoms with E-state index in [0.29, 0.717) is 11.8 Å². The molecule has 0 bridgehead atoms. The molecule has 0 radical (unpaired) electrons. The summed E-state index contributed by atoms with van der Waals surface area (Å²) in [4.78, 5) is 0. The predicted octanol–water partition coefficient (Wildman–Crippen LogP) is 4.29. The molecule has 102 valence electrons. The number of hydrogen-bond acceptors (Lipinski definition) is 1. The Hall–Kier alpha value is -0.600. The monoisotopic (exact) mass is 271 g/mol. The largest absolute Gasteiger partial charge is 0.316 e. The summed E-state index contributed by atoms with van der Waals surface area (Å²) < 4.78 is 13.3. The third-order valence-corrected chi connectivity index (χ3v) is 3.53. The van der Waals surface area contributed by atoms with Crippen molar-refractivity contribution in [2.24, 2.45) is 11.8 Å². The summed E-state index contributed by atoms with van der Waals surface area (Å²) in [5.74, 6) is 0.836. The van der Waals surface area contributed by atoms with Crippen LogP contribution in [0.5, 0.6) is 0 Å². The molecule has 0 aliphatic heterocycles. The van der Waals surface area contributed by atoms with Gasteiger partial charge in [0.05, 0.1) is 5.02 Å². The van der Waals surface area contributed by atoms with Crippen LogP contribution in [0.2, 0.25) is 5.02 Å². The highest BCUT2D eigenvalue weighted by Gasteiger charge is 2.12. The molecule has 3 heteroatoms. The van der Waals surface area contributed by atoms with Gasteiger partial charge < -0.3 is 5.32 Å². The highest BCUT2D eigenvalue weighted by atomic mass is 35.5. The van der Waals surface area contributed by atoms with Crippen LogP contribution >= 0.6 is 11.6 Å². The topological polar surface area (TPSA) is 12.0 Å². The van der Waals surface area contributed by atoms with Crippen LogP contribution in [0.3, 0.4) is 0 Å². The Morgan fingerprint density at radius 3 is 2.61 bits per heavy atom. The maximum Gasteiger partial charge on any atom is 0.142 e. The van der Waals surface area contributed by atoms with Crippen LogP contribution in [0.4, 0.5) is 4.39 Å². The minimum absolute atomic E-state index is 0.278. The van der Waals surface area contributed by atoms with Crippen molar-refractivity contribution in [1.82, 2.24) is 5.32 Å². The molecule has 0 amide bonds. The number of rotatable bonds is 7. The summed E-state index contributed by atoms with van der Waals surface area (Å²) in [6.07, 6.45) is 1.90. The van der Waals surface area contributed by atoms with Crippen molar-refractivity contribution in [3.05, 3.63) is 34.6 Å². The lowest BCUT2D eigenvalue weighted by Crippen LogP contribution is -2.27. The second kappa shape index (κ2) is 7.75. The van der Waals surface area contributed by atoms with E-state index in [1.807, 2.05) is 6.07 Å². The Bertz CT molecular complexity index is 366. The summed E-state index contributed by atoms with van der Waals surface area (Å²) in [6.45, 7) is 8.53. The van der Waals surface area contributed by atoms with Gasteiger partial charge in [-0.15, -0.1) is 0 Å². The first-order chi connectivity index (χ1) is 8.54. The zero-order chi connectivity index (χ0) is 13.5. The standard InChI is InChI=1S/C15H23ClFN/c1-4-12(10-18-9-11(2)3)8-13-6-5-7-14(17)15(13)16/h5-7,11-12,18H,4,8-10H2,1-3H3. The Morgan fingerprint density at radius 1 is 1.28 bits per heavy atom. The quantitative estimate of drug-likeness (QED) is 0.780. The van der Waals surface area contributed by atoms with Gasteiger partial charge in [0.2, 0.25) is 0 Å². The highest BCUT2D eigenvalue weighted by Crippen LogP contribution is 2.23. The molecular formula is C15H23ClFN. The summed E-state index contributed by atoms with van der Waals surface area (Å²) >= 11 is 5.98. The zero-order valence-electron chi connectivity index (χ0n) is 11.5. The summed E-state index contributed by atoms with van der Waals surface area (Å²) in [5.41, 5.74) is 0.912. The van der Waals surface area contributed by atoms with E-state index in [-0.39, 0.29) is 10.8 Å². The van der Waals surface area contributed by atoms with Crippen molar-refractivity contribution in [2.45, 2.75) is 33.6 Å². The van der Waals surface area contributed by atoms with Crippen molar-refractivity contribution in [3.8, 4) is 0 Å². The van der Waals surface area contributed by atoms with E-state index in [4.69, 9.17) is 11.6 Å². The van der Waals surface area contributed by atoms with E-state index >= 15 is 0 Å². The van der Waals surface area contributed by atoms with Crippen LogP contribution in [-0.4, -0.2) is 13.1 Å². The van der Waals surface area contributed by atoms with Crippen LogP contribution in [0, 0.1) is 17.7 Å². The fourth-order valence-corrected chi connectivity index (χ4v) is 2.16. The molecule has 1 aromatic carbocycles. The molecule has 0 saturated carbocycles. The molecule has 0 aliphatic carbocycles. The van der Waals surface area contributed by atoms with Gasteiger partial charge in [-0.2, -0.15) is 0 Å². The molecule has 0 aromatic heterocycles. The Labute approximate surface area is 115 Å². The molecule has 0 aliphatic rings. The number of hydrogen-bond donors (Lipinski definition) is 1. The van der Waals surface area contributed by atoms with Crippen LogP contribution in [0.25, 0.3) is 0 Å². The van der Waals surface area contributed by atoms with Gasteiger partial charge >= 0.3 is 0 Å². The summed E-state index contributed by atoms with van der Waals surface area (Å²) in [6, 6.07) is 5.05. The molecule has 1 unspecified atom stereocenters. The lowest BCUT2D eigenvalue weighted by Gasteiger charge is -2.17. The lowest BCUT2D eigenvalue weighted by molar-refractivity contribution is 0.437. The third-order valence-electron chi connectivity index (χ3n) is 3.10. The molecule has 18 heavy (non-hydrogen) atoms. The van der Waals surface area contributed by atoms with Gasteiger partial charge in [-0.25, -0.2) is 4.39 Å². The van der Waals surface area contributed by atoms with Crippen LogP contribution in [0.1, 0.15) is 32.8 Å². The van der Waals surface area contributed by atoms with Gasteiger partial charge in [0.1, 0.15) is 5.82 Å². The molecule has 1 N–H and O–H groups in total. The molecule has 1 atom stereocenters. The third kappa shape index (κ3) is 4.95. The van der Waals surface area contributed by atoms with Crippen molar-refractivity contribution < 1.29 is 4.39 Å². The fraction of sp³-hybridized carbons (Fsp3) is 0.600. The summed E-state index contributed by atoms with van der Waals surface area (Å²) in [7, 11) is 0. The Balaban J connectivity index is 2.54. The molecule has 0 heterocycles. The molecule has 1 rings (SSSR count). The average Bonchev–Trinajstić information content (AvgIpc) is 2.33. The van der Waals surface area contributed by atoms with E-state index in [1.54, 1.807) is 6.07 Å². The number of benzene rings is 1. The first kappa shape index (κ1) is 15.5. The van der Waals surface area contributed by atoms with Crippen molar-refractivity contribution in [1.29, 1.82) is 0 Å². The van der Waals surface area contributed by atoms with Gasteiger partial charge in [-0.1, -0.05) is 50.9 Å². The molecule has 0 fully saturated rings. The SMILES string of the molecule is CCC(CNCC(C)C)Cc1cccc(F)c1Cl.